The molecule has 2 amide bonds. The average molecular weight is 319 g/mol. The molecule has 1 aliphatic heterocycles. The summed E-state index contributed by atoms with van der Waals surface area (Å²) in [5, 5.41) is 4.44. The Labute approximate surface area is 118 Å². The summed E-state index contributed by atoms with van der Waals surface area (Å²) in [6.45, 7) is 0. The summed E-state index contributed by atoms with van der Waals surface area (Å²) in [6, 6.07) is 7.81. The van der Waals surface area contributed by atoms with Crippen molar-refractivity contribution < 1.29 is 9.59 Å². The zero-order valence-corrected chi connectivity index (χ0v) is 11.6. The minimum atomic E-state index is -0.245. The van der Waals surface area contributed by atoms with E-state index in [0.717, 1.165) is 20.9 Å². The van der Waals surface area contributed by atoms with Gasteiger partial charge in [0.05, 0.1) is 5.92 Å². The van der Waals surface area contributed by atoms with Crippen LogP contribution in [0.15, 0.2) is 35.1 Å². The Morgan fingerprint density at radius 1 is 1.21 bits per heavy atom. The van der Waals surface area contributed by atoms with Crippen LogP contribution < -0.4 is 5.32 Å². The topological polar surface area (TPSA) is 59.1 Å². The van der Waals surface area contributed by atoms with E-state index in [1.54, 1.807) is 6.20 Å². The molecule has 2 heterocycles. The number of halogens is 1. The summed E-state index contributed by atoms with van der Waals surface area (Å²) in [4.78, 5) is 27.2. The first kappa shape index (κ1) is 12.3. The zero-order chi connectivity index (χ0) is 13.4. The van der Waals surface area contributed by atoms with Gasteiger partial charge < -0.3 is 0 Å². The van der Waals surface area contributed by atoms with Crippen LogP contribution in [0.3, 0.4) is 0 Å². The Hall–Kier alpha value is -1.75. The molecule has 96 valence electrons. The van der Waals surface area contributed by atoms with Crippen molar-refractivity contribution in [2.24, 2.45) is 0 Å². The fraction of sp³-hybridized carbons (Fsp3) is 0.214. The number of benzene rings is 1. The monoisotopic (exact) mass is 318 g/mol. The number of fused-ring (bicyclic) bond motifs is 1. The number of imide groups is 1. The molecule has 1 N–H and O–H groups in total. The molecule has 1 atom stereocenters. The van der Waals surface area contributed by atoms with E-state index in [9.17, 15) is 9.59 Å². The predicted octanol–water partition coefficient (Wildman–Crippen LogP) is 2.52. The smallest absolute Gasteiger partial charge is 0.234 e. The Morgan fingerprint density at radius 2 is 2.05 bits per heavy atom. The maximum absolute atomic E-state index is 11.8. The van der Waals surface area contributed by atoms with Crippen molar-refractivity contribution in [1.29, 1.82) is 0 Å². The fourth-order valence-electron chi connectivity index (χ4n) is 2.36. The lowest BCUT2D eigenvalue weighted by Crippen LogP contribution is -2.39. The minimum absolute atomic E-state index is 0.187. The highest BCUT2D eigenvalue weighted by molar-refractivity contribution is 9.10. The number of nitrogens with zero attached hydrogens (tertiary/aromatic N) is 1. The zero-order valence-electron chi connectivity index (χ0n) is 10.0. The van der Waals surface area contributed by atoms with Gasteiger partial charge in [0.25, 0.3) is 0 Å². The minimum Gasteiger partial charge on any atom is -0.296 e. The Morgan fingerprint density at radius 3 is 2.84 bits per heavy atom. The van der Waals surface area contributed by atoms with Crippen molar-refractivity contribution >= 4 is 38.5 Å². The number of amides is 2. The molecule has 0 aliphatic carbocycles. The lowest BCUT2D eigenvalue weighted by atomic mass is 9.89. The second-order valence-corrected chi connectivity index (χ2v) is 5.43. The van der Waals surface area contributed by atoms with E-state index in [1.165, 1.54) is 0 Å². The van der Waals surface area contributed by atoms with Crippen molar-refractivity contribution in [1.82, 2.24) is 10.3 Å². The van der Waals surface area contributed by atoms with Crippen molar-refractivity contribution in [2.75, 3.05) is 0 Å². The van der Waals surface area contributed by atoms with Crippen molar-refractivity contribution in [3.05, 3.63) is 40.6 Å². The van der Waals surface area contributed by atoms with Gasteiger partial charge in [-0.25, -0.2) is 4.98 Å². The number of pyridine rings is 1. The number of hydrogen-bond donors (Lipinski definition) is 1. The molecule has 0 saturated carbocycles. The van der Waals surface area contributed by atoms with Gasteiger partial charge in [0, 0.05) is 18.0 Å². The molecule has 5 heteroatoms. The fourth-order valence-corrected chi connectivity index (χ4v) is 2.71. The van der Waals surface area contributed by atoms with Gasteiger partial charge in [0.1, 0.15) is 4.60 Å². The summed E-state index contributed by atoms with van der Waals surface area (Å²) >= 11 is 3.33. The first-order valence-electron chi connectivity index (χ1n) is 6.02. The third-order valence-corrected chi connectivity index (χ3v) is 3.79. The highest BCUT2D eigenvalue weighted by Crippen LogP contribution is 2.28. The first-order valence-corrected chi connectivity index (χ1v) is 6.82. The van der Waals surface area contributed by atoms with Gasteiger partial charge in [-0.05, 0) is 45.4 Å². The number of rotatable bonds is 1. The Kier molecular flexibility index (Phi) is 3.06. The molecular weight excluding hydrogens is 308 g/mol. The number of hydrogen-bond acceptors (Lipinski definition) is 3. The van der Waals surface area contributed by atoms with Gasteiger partial charge in [0.2, 0.25) is 11.8 Å². The van der Waals surface area contributed by atoms with Crippen LogP contribution in [-0.4, -0.2) is 16.8 Å². The summed E-state index contributed by atoms with van der Waals surface area (Å²) < 4.78 is 0.786. The number of piperidine rings is 1. The molecule has 1 unspecified atom stereocenters. The predicted molar refractivity (Wildman–Crippen MR) is 74.6 cm³/mol. The van der Waals surface area contributed by atoms with Crippen molar-refractivity contribution in [3.63, 3.8) is 0 Å². The molecule has 3 rings (SSSR count). The number of carbonyl (C=O) groups is 2. The van der Waals surface area contributed by atoms with Crippen LogP contribution >= 0.6 is 15.9 Å². The van der Waals surface area contributed by atoms with Gasteiger partial charge in [-0.1, -0.05) is 12.1 Å². The molecule has 1 saturated heterocycles. The van der Waals surface area contributed by atoms with Crippen LogP contribution in [0.2, 0.25) is 0 Å². The second-order valence-electron chi connectivity index (χ2n) is 4.62. The van der Waals surface area contributed by atoms with E-state index in [-0.39, 0.29) is 17.7 Å². The number of carbonyl (C=O) groups excluding carboxylic acids is 2. The summed E-state index contributed by atoms with van der Waals surface area (Å²) in [6.07, 6.45) is 2.74. The van der Waals surface area contributed by atoms with Crippen LogP contribution in [0.1, 0.15) is 24.3 Å². The standard InChI is InChI=1S/C14H11BrN2O2/c15-12-6-8-1-2-9(5-10(8)7-16-12)11-3-4-13(18)17-14(11)19/h1-2,5-7,11H,3-4H2,(H,17,18,19). The molecule has 4 nitrogen and oxygen atoms in total. The van der Waals surface area contributed by atoms with E-state index in [1.807, 2.05) is 24.3 Å². The van der Waals surface area contributed by atoms with E-state index in [2.05, 4.69) is 26.2 Å². The molecule has 1 aliphatic rings. The van der Waals surface area contributed by atoms with Gasteiger partial charge in [-0.2, -0.15) is 0 Å². The van der Waals surface area contributed by atoms with Crippen LogP contribution in [-0.2, 0) is 9.59 Å². The summed E-state index contributed by atoms with van der Waals surface area (Å²) in [5.41, 5.74) is 0.932. The summed E-state index contributed by atoms with van der Waals surface area (Å²) in [5.74, 6) is -0.640. The molecule has 2 aromatic rings. The quantitative estimate of drug-likeness (QED) is 0.649. The highest BCUT2D eigenvalue weighted by Gasteiger charge is 2.27. The van der Waals surface area contributed by atoms with Gasteiger partial charge in [-0.15, -0.1) is 0 Å². The number of aromatic nitrogens is 1. The van der Waals surface area contributed by atoms with Crippen LogP contribution in [0.4, 0.5) is 0 Å². The van der Waals surface area contributed by atoms with E-state index >= 15 is 0 Å². The highest BCUT2D eigenvalue weighted by atomic mass is 79.9. The van der Waals surface area contributed by atoms with Gasteiger partial charge in [0.15, 0.2) is 0 Å². The van der Waals surface area contributed by atoms with Gasteiger partial charge in [-0.3, -0.25) is 14.9 Å². The molecule has 0 spiro atoms. The molecule has 19 heavy (non-hydrogen) atoms. The molecule has 1 aromatic heterocycles. The van der Waals surface area contributed by atoms with E-state index < -0.39 is 0 Å². The van der Waals surface area contributed by atoms with Crippen molar-refractivity contribution in [2.45, 2.75) is 18.8 Å². The SMILES string of the molecule is O=C1CCC(c2ccc3cc(Br)ncc3c2)C(=O)N1. The molecule has 1 fully saturated rings. The van der Waals surface area contributed by atoms with E-state index in [4.69, 9.17) is 0 Å². The maximum atomic E-state index is 11.8. The van der Waals surface area contributed by atoms with Gasteiger partial charge >= 0.3 is 0 Å². The average Bonchev–Trinajstić information content (AvgIpc) is 2.38. The third-order valence-electron chi connectivity index (χ3n) is 3.35. The normalized spacial score (nSPS) is 19.5. The van der Waals surface area contributed by atoms with Crippen LogP contribution in [0, 0.1) is 0 Å². The molecule has 0 radical (unpaired) electrons. The second kappa shape index (κ2) is 4.74. The maximum Gasteiger partial charge on any atom is 0.234 e. The molecule has 1 aromatic carbocycles. The largest absolute Gasteiger partial charge is 0.296 e. The lowest BCUT2D eigenvalue weighted by molar-refractivity contribution is -0.134. The van der Waals surface area contributed by atoms with Crippen LogP contribution in [0.5, 0.6) is 0 Å². The molecule has 0 bridgehead atoms. The summed E-state index contributed by atoms with van der Waals surface area (Å²) in [7, 11) is 0. The Bertz CT molecular complexity index is 684. The lowest BCUT2D eigenvalue weighted by Gasteiger charge is -2.21. The van der Waals surface area contributed by atoms with E-state index in [0.29, 0.717) is 12.8 Å². The first-order chi connectivity index (χ1) is 9.13. The van der Waals surface area contributed by atoms with Crippen LogP contribution in [0.25, 0.3) is 10.8 Å². The third kappa shape index (κ3) is 2.38. The Balaban J connectivity index is 1.99. The number of nitrogens with one attached hydrogen (secondary N) is 1. The molecular formula is C14H11BrN2O2. The van der Waals surface area contributed by atoms with Crippen molar-refractivity contribution in [3.8, 4) is 0 Å².